The van der Waals surface area contributed by atoms with Crippen LogP contribution in [0.5, 0.6) is 0 Å². The minimum absolute atomic E-state index is 0.235. The first-order valence-corrected chi connectivity index (χ1v) is 7.15. The second-order valence-electron chi connectivity index (χ2n) is 7.36. The van der Waals surface area contributed by atoms with Crippen LogP contribution in [0.3, 0.4) is 0 Å². The van der Waals surface area contributed by atoms with E-state index in [0.29, 0.717) is 11.3 Å². The molecule has 0 spiro atoms. The SMILES string of the molecule is CC(C)CCN(C)C1(CN)CC(C)(C)CC1C. The zero-order chi connectivity index (χ0) is 13.3. The highest BCUT2D eigenvalue weighted by Gasteiger charge is 2.49. The third kappa shape index (κ3) is 3.23. The normalized spacial score (nSPS) is 32.6. The zero-order valence-corrected chi connectivity index (χ0v) is 12.7. The number of hydrogen-bond donors (Lipinski definition) is 1. The fraction of sp³-hybridized carbons (Fsp3) is 1.00. The summed E-state index contributed by atoms with van der Waals surface area (Å²) in [7, 11) is 2.27. The van der Waals surface area contributed by atoms with Gasteiger partial charge in [0.25, 0.3) is 0 Å². The molecule has 0 aromatic heterocycles. The van der Waals surface area contributed by atoms with E-state index in [1.165, 1.54) is 25.8 Å². The summed E-state index contributed by atoms with van der Waals surface area (Å²) in [6.45, 7) is 13.7. The molecule has 1 rings (SSSR count). The second kappa shape index (κ2) is 5.27. The van der Waals surface area contributed by atoms with E-state index in [1.807, 2.05) is 0 Å². The fourth-order valence-corrected chi connectivity index (χ4v) is 3.71. The Kier molecular flexibility index (Phi) is 4.65. The van der Waals surface area contributed by atoms with E-state index in [4.69, 9.17) is 5.73 Å². The Hall–Kier alpha value is -0.0800. The highest BCUT2D eigenvalue weighted by molar-refractivity contribution is 5.05. The number of nitrogens with zero attached hydrogens (tertiary/aromatic N) is 1. The van der Waals surface area contributed by atoms with Crippen molar-refractivity contribution in [3.05, 3.63) is 0 Å². The van der Waals surface area contributed by atoms with Crippen LogP contribution >= 0.6 is 0 Å². The van der Waals surface area contributed by atoms with Gasteiger partial charge in [0.2, 0.25) is 0 Å². The Morgan fingerprint density at radius 1 is 1.35 bits per heavy atom. The third-order valence-corrected chi connectivity index (χ3v) is 4.72. The molecule has 2 atom stereocenters. The van der Waals surface area contributed by atoms with Gasteiger partial charge in [-0.05, 0) is 50.1 Å². The molecule has 17 heavy (non-hydrogen) atoms. The highest BCUT2D eigenvalue weighted by atomic mass is 15.2. The summed E-state index contributed by atoms with van der Waals surface area (Å²) in [6, 6.07) is 0. The lowest BCUT2D eigenvalue weighted by Crippen LogP contribution is -2.54. The van der Waals surface area contributed by atoms with Gasteiger partial charge >= 0.3 is 0 Å². The second-order valence-corrected chi connectivity index (χ2v) is 7.36. The van der Waals surface area contributed by atoms with Crippen LogP contribution in [-0.2, 0) is 0 Å². The molecular weight excluding hydrogens is 208 g/mol. The molecule has 0 aromatic rings. The molecule has 1 aliphatic carbocycles. The average Bonchev–Trinajstić information content (AvgIpc) is 2.45. The Morgan fingerprint density at radius 3 is 2.29 bits per heavy atom. The smallest absolute Gasteiger partial charge is 0.0359 e. The van der Waals surface area contributed by atoms with Gasteiger partial charge in [0, 0.05) is 12.1 Å². The predicted octanol–water partition coefficient (Wildman–Crippen LogP) is 3.12. The number of rotatable bonds is 5. The van der Waals surface area contributed by atoms with Crippen molar-refractivity contribution < 1.29 is 0 Å². The standard InChI is InChI=1S/C15H32N2/c1-12(2)7-8-17(6)15(11-16)10-14(4,5)9-13(15)3/h12-13H,7-11,16H2,1-6H3. The maximum atomic E-state index is 6.15. The van der Waals surface area contributed by atoms with Crippen molar-refractivity contribution in [3.63, 3.8) is 0 Å². The van der Waals surface area contributed by atoms with Crippen molar-refractivity contribution in [1.29, 1.82) is 0 Å². The molecule has 1 fully saturated rings. The maximum Gasteiger partial charge on any atom is 0.0359 e. The Labute approximate surface area is 108 Å². The van der Waals surface area contributed by atoms with Crippen molar-refractivity contribution in [1.82, 2.24) is 4.90 Å². The van der Waals surface area contributed by atoms with E-state index in [2.05, 4.69) is 46.6 Å². The summed E-state index contributed by atoms with van der Waals surface area (Å²) in [6.07, 6.45) is 3.81. The van der Waals surface area contributed by atoms with Gasteiger partial charge in [-0.25, -0.2) is 0 Å². The molecule has 0 radical (unpaired) electrons. The summed E-state index contributed by atoms with van der Waals surface area (Å²) in [5, 5.41) is 0. The first-order valence-electron chi connectivity index (χ1n) is 7.15. The van der Waals surface area contributed by atoms with Crippen molar-refractivity contribution >= 4 is 0 Å². The van der Waals surface area contributed by atoms with Crippen molar-refractivity contribution in [3.8, 4) is 0 Å². The number of hydrogen-bond acceptors (Lipinski definition) is 2. The van der Waals surface area contributed by atoms with Gasteiger partial charge in [0.1, 0.15) is 0 Å². The van der Waals surface area contributed by atoms with E-state index in [-0.39, 0.29) is 5.54 Å². The number of nitrogens with two attached hydrogens (primary N) is 1. The van der Waals surface area contributed by atoms with Crippen LogP contribution in [0.1, 0.15) is 53.9 Å². The molecule has 0 aliphatic heterocycles. The Balaban J connectivity index is 2.75. The summed E-state index contributed by atoms with van der Waals surface area (Å²) in [5.41, 5.74) is 6.83. The predicted molar refractivity (Wildman–Crippen MR) is 76.0 cm³/mol. The van der Waals surface area contributed by atoms with E-state index in [1.54, 1.807) is 0 Å². The van der Waals surface area contributed by atoms with Gasteiger partial charge in [0.15, 0.2) is 0 Å². The van der Waals surface area contributed by atoms with Crippen LogP contribution in [0, 0.1) is 17.3 Å². The third-order valence-electron chi connectivity index (χ3n) is 4.72. The lowest BCUT2D eigenvalue weighted by Gasteiger charge is -2.42. The van der Waals surface area contributed by atoms with Gasteiger partial charge < -0.3 is 5.73 Å². The Morgan fingerprint density at radius 2 is 1.94 bits per heavy atom. The lowest BCUT2D eigenvalue weighted by atomic mass is 9.84. The average molecular weight is 240 g/mol. The topological polar surface area (TPSA) is 29.3 Å². The van der Waals surface area contributed by atoms with Crippen LogP contribution in [0.15, 0.2) is 0 Å². The van der Waals surface area contributed by atoms with E-state index in [9.17, 15) is 0 Å². The van der Waals surface area contributed by atoms with Gasteiger partial charge in [-0.2, -0.15) is 0 Å². The van der Waals surface area contributed by atoms with Crippen LogP contribution in [-0.4, -0.2) is 30.6 Å². The minimum Gasteiger partial charge on any atom is -0.329 e. The molecular formula is C15H32N2. The summed E-state index contributed by atoms with van der Waals surface area (Å²) in [5.74, 6) is 1.48. The van der Waals surface area contributed by atoms with E-state index in [0.717, 1.165) is 12.5 Å². The van der Waals surface area contributed by atoms with Gasteiger partial charge in [-0.1, -0.05) is 34.6 Å². The van der Waals surface area contributed by atoms with E-state index >= 15 is 0 Å². The molecule has 1 saturated carbocycles. The molecule has 102 valence electrons. The van der Waals surface area contributed by atoms with Gasteiger partial charge in [0.05, 0.1) is 0 Å². The Bertz CT molecular complexity index is 247. The van der Waals surface area contributed by atoms with Crippen molar-refractivity contribution in [2.45, 2.75) is 59.4 Å². The van der Waals surface area contributed by atoms with Crippen molar-refractivity contribution in [2.75, 3.05) is 20.1 Å². The molecule has 2 unspecified atom stereocenters. The minimum atomic E-state index is 0.235. The molecule has 2 nitrogen and oxygen atoms in total. The molecule has 0 amide bonds. The van der Waals surface area contributed by atoms with Crippen LogP contribution in [0.4, 0.5) is 0 Å². The number of likely N-dealkylation sites (N-methyl/N-ethyl adjacent to an activating group) is 1. The van der Waals surface area contributed by atoms with Crippen LogP contribution < -0.4 is 5.73 Å². The molecule has 0 saturated heterocycles. The summed E-state index contributed by atoms with van der Waals surface area (Å²) < 4.78 is 0. The van der Waals surface area contributed by atoms with Gasteiger partial charge in [-0.15, -0.1) is 0 Å². The van der Waals surface area contributed by atoms with E-state index < -0.39 is 0 Å². The quantitative estimate of drug-likeness (QED) is 0.800. The van der Waals surface area contributed by atoms with Crippen LogP contribution in [0.2, 0.25) is 0 Å². The first kappa shape index (κ1) is 15.0. The molecule has 2 N–H and O–H groups in total. The molecule has 0 bridgehead atoms. The summed E-state index contributed by atoms with van der Waals surface area (Å²) >= 11 is 0. The largest absolute Gasteiger partial charge is 0.329 e. The molecule has 1 aliphatic rings. The first-order chi connectivity index (χ1) is 7.73. The zero-order valence-electron chi connectivity index (χ0n) is 12.7. The monoisotopic (exact) mass is 240 g/mol. The fourth-order valence-electron chi connectivity index (χ4n) is 3.71. The highest BCUT2D eigenvalue weighted by Crippen LogP contribution is 2.49. The molecule has 0 aromatic carbocycles. The van der Waals surface area contributed by atoms with Gasteiger partial charge in [-0.3, -0.25) is 4.90 Å². The lowest BCUT2D eigenvalue weighted by molar-refractivity contribution is 0.0812. The van der Waals surface area contributed by atoms with Crippen LogP contribution in [0.25, 0.3) is 0 Å². The maximum absolute atomic E-state index is 6.15. The van der Waals surface area contributed by atoms with Crippen molar-refractivity contribution in [2.24, 2.45) is 23.0 Å². The molecule has 2 heteroatoms. The molecule has 0 heterocycles. The summed E-state index contributed by atoms with van der Waals surface area (Å²) in [4.78, 5) is 2.55.